The Morgan fingerprint density at radius 1 is 1.17 bits per heavy atom. The van der Waals surface area contributed by atoms with Gasteiger partial charge in [0.25, 0.3) is 12.0 Å². The first-order chi connectivity index (χ1) is 17.2. The summed E-state index contributed by atoms with van der Waals surface area (Å²) >= 11 is 0. The second-order valence-electron chi connectivity index (χ2n) is 9.49. The Kier molecular flexibility index (Phi) is 6.46. The van der Waals surface area contributed by atoms with E-state index in [9.17, 15) is 18.0 Å². The molecule has 7 nitrogen and oxygen atoms in total. The van der Waals surface area contributed by atoms with E-state index in [4.69, 9.17) is 4.74 Å². The third-order valence-electron chi connectivity index (χ3n) is 7.33. The van der Waals surface area contributed by atoms with Crippen molar-refractivity contribution in [1.82, 2.24) is 19.4 Å². The summed E-state index contributed by atoms with van der Waals surface area (Å²) in [6.45, 7) is 3.92. The molecular formula is C25H27F4N5O2. The maximum atomic E-state index is 16.2. The van der Waals surface area contributed by atoms with Crippen molar-refractivity contribution in [3.8, 4) is 0 Å². The topological polar surface area (TPSA) is 72.3 Å². The summed E-state index contributed by atoms with van der Waals surface area (Å²) in [4.78, 5) is 23.8. The zero-order valence-electron chi connectivity index (χ0n) is 20.0. The Morgan fingerprint density at radius 2 is 1.86 bits per heavy atom. The molecule has 5 rings (SSSR count). The molecule has 1 aromatic carbocycles. The van der Waals surface area contributed by atoms with Gasteiger partial charge >= 0.3 is 0 Å². The molecule has 2 saturated heterocycles. The highest BCUT2D eigenvalue weighted by Crippen LogP contribution is 2.38. The van der Waals surface area contributed by atoms with Crippen molar-refractivity contribution in [1.29, 1.82) is 0 Å². The Balaban J connectivity index is 1.49. The molecule has 0 amide bonds. The summed E-state index contributed by atoms with van der Waals surface area (Å²) in [7, 11) is 1.52. The summed E-state index contributed by atoms with van der Waals surface area (Å²) in [5.74, 6) is -0.746. The number of likely N-dealkylation sites (tertiary alicyclic amines) is 1. The van der Waals surface area contributed by atoms with Crippen LogP contribution in [0.15, 0.2) is 35.4 Å². The second kappa shape index (κ2) is 9.44. The number of pyridine rings is 1. The molecule has 2 aliphatic heterocycles. The number of nitrogens with one attached hydrogen (secondary N) is 1. The molecule has 2 aliphatic rings. The van der Waals surface area contributed by atoms with Gasteiger partial charge in [-0.15, -0.1) is 0 Å². The molecule has 0 radical (unpaired) electrons. The normalized spacial score (nSPS) is 19.4. The average molecular weight is 506 g/mol. The van der Waals surface area contributed by atoms with Crippen LogP contribution in [0.1, 0.15) is 48.9 Å². The smallest absolute Gasteiger partial charge is 0.266 e. The van der Waals surface area contributed by atoms with Gasteiger partial charge in [0.2, 0.25) is 0 Å². The molecule has 2 aromatic heterocycles. The number of ether oxygens (including phenoxy) is 1. The fourth-order valence-corrected chi connectivity index (χ4v) is 5.01. The highest BCUT2D eigenvalue weighted by molar-refractivity contribution is 5.87. The van der Waals surface area contributed by atoms with Crippen molar-refractivity contribution < 1.29 is 22.3 Å². The maximum Gasteiger partial charge on any atom is 0.266 e. The Bertz CT molecular complexity index is 1340. The second-order valence-corrected chi connectivity index (χ2v) is 9.49. The lowest BCUT2D eigenvalue weighted by atomic mass is 9.85. The number of piperidine rings is 1. The van der Waals surface area contributed by atoms with Gasteiger partial charge in [-0.2, -0.15) is 0 Å². The molecular weight excluding hydrogens is 478 g/mol. The van der Waals surface area contributed by atoms with Crippen LogP contribution in [0.4, 0.5) is 23.4 Å². The van der Waals surface area contributed by atoms with Gasteiger partial charge in [0.15, 0.2) is 0 Å². The zero-order valence-corrected chi connectivity index (χ0v) is 20.0. The summed E-state index contributed by atoms with van der Waals surface area (Å²) in [5.41, 5.74) is -2.63. The standard InChI is InChI=1S/C25H27F4N5O2/c1-14(16-4-3-5-17(20(16)26)21(27)28)32-22-18-10-19(24(35)33(2)23(18)31-13-30-22)25(29)6-8-34(9-7-25)15-11-36-12-15/h3-5,10,13-15,21H,6-9,11-12H2,1-2H3,(H,30,31,32)/t14-/m1/s1. The van der Waals surface area contributed by atoms with Crippen molar-refractivity contribution in [3.05, 3.63) is 63.5 Å². The number of aromatic nitrogens is 3. The van der Waals surface area contributed by atoms with E-state index < -0.39 is 35.1 Å². The first-order valence-corrected chi connectivity index (χ1v) is 11.9. The number of hydrogen-bond acceptors (Lipinski definition) is 6. The van der Waals surface area contributed by atoms with Crippen LogP contribution >= 0.6 is 0 Å². The van der Waals surface area contributed by atoms with Gasteiger partial charge in [0.1, 0.15) is 29.3 Å². The highest BCUT2D eigenvalue weighted by Gasteiger charge is 2.41. The van der Waals surface area contributed by atoms with E-state index in [2.05, 4.69) is 20.2 Å². The minimum Gasteiger partial charge on any atom is -0.378 e. The van der Waals surface area contributed by atoms with Crippen LogP contribution in [0.2, 0.25) is 0 Å². The number of aryl methyl sites for hydroxylation is 1. The minimum atomic E-state index is -2.95. The predicted molar refractivity (Wildman–Crippen MR) is 126 cm³/mol. The lowest BCUT2D eigenvalue weighted by molar-refractivity contribution is -0.0858. The van der Waals surface area contributed by atoms with E-state index in [-0.39, 0.29) is 35.4 Å². The van der Waals surface area contributed by atoms with Crippen LogP contribution in [-0.4, -0.2) is 51.8 Å². The largest absolute Gasteiger partial charge is 0.378 e. The van der Waals surface area contributed by atoms with Gasteiger partial charge in [-0.1, -0.05) is 18.2 Å². The SMILES string of the molecule is C[C@@H](Nc1ncnc2c1cc(C1(F)CCN(C3COC3)CC1)c(=O)n2C)c1cccc(C(F)F)c1F. The van der Waals surface area contributed by atoms with Crippen LogP contribution in [0.3, 0.4) is 0 Å². The number of alkyl halides is 3. The van der Waals surface area contributed by atoms with Crippen LogP contribution in [0, 0.1) is 5.82 Å². The number of nitrogens with zero attached hydrogens (tertiary/aromatic N) is 4. The Labute approximate surface area is 205 Å². The van der Waals surface area contributed by atoms with E-state index in [0.717, 1.165) is 6.07 Å². The van der Waals surface area contributed by atoms with Crippen molar-refractivity contribution in [2.75, 3.05) is 31.6 Å². The molecule has 3 aromatic rings. The number of fused-ring (bicyclic) bond motifs is 1. The zero-order chi connectivity index (χ0) is 25.6. The third-order valence-corrected chi connectivity index (χ3v) is 7.33. The highest BCUT2D eigenvalue weighted by atomic mass is 19.3. The monoisotopic (exact) mass is 505 g/mol. The molecule has 0 spiro atoms. The van der Waals surface area contributed by atoms with Crippen molar-refractivity contribution in [3.63, 3.8) is 0 Å². The van der Waals surface area contributed by atoms with Crippen molar-refractivity contribution >= 4 is 16.9 Å². The lowest BCUT2D eigenvalue weighted by Gasteiger charge is -2.43. The summed E-state index contributed by atoms with van der Waals surface area (Å²) in [6, 6.07) is 4.86. The fourth-order valence-electron chi connectivity index (χ4n) is 5.01. The van der Waals surface area contributed by atoms with E-state index in [1.807, 2.05) is 0 Å². The van der Waals surface area contributed by atoms with E-state index in [0.29, 0.717) is 37.7 Å². The molecule has 2 fully saturated rings. The molecule has 4 heterocycles. The first-order valence-electron chi connectivity index (χ1n) is 11.9. The summed E-state index contributed by atoms with van der Waals surface area (Å²) in [5, 5.41) is 3.43. The number of rotatable bonds is 6. The number of halogens is 4. The Hall–Kier alpha value is -3.05. The van der Waals surface area contributed by atoms with Crippen LogP contribution in [0.5, 0.6) is 0 Å². The molecule has 1 N–H and O–H groups in total. The molecule has 36 heavy (non-hydrogen) atoms. The predicted octanol–water partition coefficient (Wildman–Crippen LogP) is 4.24. The minimum absolute atomic E-state index is 0.0263. The van der Waals surface area contributed by atoms with Gasteiger partial charge in [-0.05, 0) is 25.8 Å². The van der Waals surface area contributed by atoms with Crippen LogP contribution < -0.4 is 10.9 Å². The quantitative estimate of drug-likeness (QED) is 0.506. The van der Waals surface area contributed by atoms with Gasteiger partial charge in [-0.3, -0.25) is 14.3 Å². The first kappa shape index (κ1) is 24.6. The molecule has 11 heteroatoms. The molecule has 0 aliphatic carbocycles. The molecule has 0 bridgehead atoms. The van der Waals surface area contributed by atoms with Gasteiger partial charge in [0, 0.05) is 25.7 Å². The number of hydrogen-bond donors (Lipinski definition) is 1. The molecule has 0 saturated carbocycles. The maximum absolute atomic E-state index is 16.2. The van der Waals surface area contributed by atoms with E-state index in [1.54, 1.807) is 6.92 Å². The molecule has 192 valence electrons. The molecule has 1 atom stereocenters. The van der Waals surface area contributed by atoms with E-state index >= 15 is 4.39 Å². The van der Waals surface area contributed by atoms with Gasteiger partial charge in [-0.25, -0.2) is 27.5 Å². The third kappa shape index (κ3) is 4.24. The number of benzene rings is 1. The average Bonchev–Trinajstić information content (AvgIpc) is 2.82. The molecule has 0 unspecified atom stereocenters. The van der Waals surface area contributed by atoms with Gasteiger partial charge < -0.3 is 10.1 Å². The van der Waals surface area contributed by atoms with Crippen molar-refractivity contribution in [2.24, 2.45) is 7.05 Å². The fraction of sp³-hybridized carbons (Fsp3) is 0.480. The van der Waals surface area contributed by atoms with Crippen LogP contribution in [-0.2, 0) is 17.5 Å². The van der Waals surface area contributed by atoms with Crippen molar-refractivity contribution in [2.45, 2.75) is 43.9 Å². The van der Waals surface area contributed by atoms with Gasteiger partial charge in [0.05, 0.1) is 41.8 Å². The number of anilines is 1. The summed E-state index contributed by atoms with van der Waals surface area (Å²) in [6.07, 6.45) is -1.36. The summed E-state index contributed by atoms with van der Waals surface area (Å²) < 4.78 is 63.8. The van der Waals surface area contributed by atoms with Crippen LogP contribution in [0.25, 0.3) is 11.0 Å². The Morgan fingerprint density at radius 3 is 2.50 bits per heavy atom. The lowest BCUT2D eigenvalue weighted by Crippen LogP contribution is -2.54. The van der Waals surface area contributed by atoms with E-state index in [1.165, 1.54) is 36.1 Å².